The lowest BCUT2D eigenvalue weighted by molar-refractivity contribution is -0.228. The minimum Gasteiger partial charge on any atom is -0.493 e. The van der Waals surface area contributed by atoms with Crippen LogP contribution in [-0.2, 0) is 22.6 Å². The van der Waals surface area contributed by atoms with Crippen LogP contribution in [0.4, 0.5) is 0 Å². The molecule has 3 heterocycles. The number of piperidine rings is 1. The molecule has 0 saturated carbocycles. The van der Waals surface area contributed by atoms with E-state index in [-0.39, 0.29) is 5.91 Å². The van der Waals surface area contributed by atoms with Crippen molar-refractivity contribution in [3.63, 3.8) is 0 Å². The maximum atomic E-state index is 12.5. The maximum Gasteiger partial charge on any atom is 0.227 e. The molecule has 25 heavy (non-hydrogen) atoms. The molecule has 1 spiro atoms. The lowest BCUT2D eigenvalue weighted by atomic mass is 10.0. The van der Waals surface area contributed by atoms with E-state index in [1.807, 2.05) is 40.6 Å². The van der Waals surface area contributed by atoms with Gasteiger partial charge in [0, 0.05) is 36.4 Å². The molecule has 0 aliphatic carbocycles. The van der Waals surface area contributed by atoms with E-state index in [0.717, 1.165) is 21.9 Å². The van der Waals surface area contributed by atoms with Crippen LogP contribution in [0, 0.1) is 0 Å². The van der Waals surface area contributed by atoms with Gasteiger partial charge in [0.1, 0.15) is 0 Å². The van der Waals surface area contributed by atoms with Crippen molar-refractivity contribution in [1.29, 1.82) is 0 Å². The van der Waals surface area contributed by atoms with Gasteiger partial charge in [-0.05, 0) is 17.5 Å². The first-order chi connectivity index (χ1) is 12.2. The van der Waals surface area contributed by atoms with Gasteiger partial charge in [0.05, 0.1) is 20.1 Å². The van der Waals surface area contributed by atoms with E-state index in [1.54, 1.807) is 18.4 Å². The molecule has 6 heteroatoms. The number of thiophene rings is 1. The zero-order chi connectivity index (χ0) is 17.3. The number of nitrogens with zero attached hydrogens (tertiary/aromatic N) is 1. The monoisotopic (exact) mass is 359 g/mol. The summed E-state index contributed by atoms with van der Waals surface area (Å²) in [5, 5.41) is 2.00. The molecule has 1 saturated heterocycles. The summed E-state index contributed by atoms with van der Waals surface area (Å²) in [4.78, 5) is 15.5. The van der Waals surface area contributed by atoms with Crippen LogP contribution < -0.4 is 9.47 Å². The summed E-state index contributed by atoms with van der Waals surface area (Å²) in [5.74, 6) is 1.03. The summed E-state index contributed by atoms with van der Waals surface area (Å²) in [7, 11) is 1.65. The van der Waals surface area contributed by atoms with Crippen molar-refractivity contribution in [2.75, 3.05) is 20.2 Å². The van der Waals surface area contributed by atoms with Crippen LogP contribution in [0.5, 0.6) is 11.5 Å². The second-order valence-electron chi connectivity index (χ2n) is 6.39. The summed E-state index contributed by atoms with van der Waals surface area (Å²) >= 11 is 1.62. The molecule has 0 N–H and O–H groups in total. The number of rotatable bonds is 3. The van der Waals surface area contributed by atoms with E-state index in [1.165, 1.54) is 0 Å². The third-order valence-corrected chi connectivity index (χ3v) is 5.72. The average molecular weight is 359 g/mol. The number of fused-ring (bicyclic) bond motifs is 1. The Morgan fingerprint density at radius 1 is 1.28 bits per heavy atom. The number of ether oxygens (including phenoxy) is 3. The van der Waals surface area contributed by atoms with E-state index in [0.29, 0.717) is 39.0 Å². The van der Waals surface area contributed by atoms with Crippen molar-refractivity contribution < 1.29 is 19.0 Å². The number of likely N-dealkylation sites (tertiary alicyclic amines) is 1. The second-order valence-corrected chi connectivity index (χ2v) is 7.42. The third-order valence-electron chi connectivity index (χ3n) is 4.84. The molecule has 1 fully saturated rings. The third kappa shape index (κ3) is 3.24. The van der Waals surface area contributed by atoms with Crippen molar-refractivity contribution in [2.24, 2.45) is 0 Å². The first kappa shape index (κ1) is 16.4. The minimum absolute atomic E-state index is 0.172. The maximum absolute atomic E-state index is 12.5. The number of para-hydroxylation sites is 1. The van der Waals surface area contributed by atoms with Gasteiger partial charge >= 0.3 is 0 Å². The van der Waals surface area contributed by atoms with Crippen LogP contribution in [0.25, 0.3) is 0 Å². The predicted molar refractivity (Wildman–Crippen MR) is 95.0 cm³/mol. The molecule has 1 aromatic carbocycles. The summed E-state index contributed by atoms with van der Waals surface area (Å²) in [6, 6.07) is 9.81. The molecule has 4 rings (SSSR count). The zero-order valence-electron chi connectivity index (χ0n) is 14.2. The Morgan fingerprint density at radius 2 is 2.12 bits per heavy atom. The van der Waals surface area contributed by atoms with Crippen LogP contribution in [0.2, 0.25) is 0 Å². The zero-order valence-corrected chi connectivity index (χ0v) is 15.0. The van der Waals surface area contributed by atoms with Gasteiger partial charge in [0.15, 0.2) is 11.5 Å². The largest absolute Gasteiger partial charge is 0.493 e. The first-order valence-corrected chi connectivity index (χ1v) is 9.36. The van der Waals surface area contributed by atoms with Crippen LogP contribution in [0.3, 0.4) is 0 Å². The van der Waals surface area contributed by atoms with Crippen LogP contribution >= 0.6 is 11.3 Å². The average Bonchev–Trinajstić information content (AvgIpc) is 3.15. The molecule has 2 aromatic rings. The van der Waals surface area contributed by atoms with E-state index < -0.39 is 5.79 Å². The molecule has 0 bridgehead atoms. The lowest BCUT2D eigenvalue weighted by Crippen LogP contribution is -2.52. The smallest absolute Gasteiger partial charge is 0.227 e. The van der Waals surface area contributed by atoms with E-state index >= 15 is 0 Å². The highest BCUT2D eigenvalue weighted by molar-refractivity contribution is 7.10. The molecule has 1 aromatic heterocycles. The first-order valence-electron chi connectivity index (χ1n) is 8.48. The molecule has 5 nitrogen and oxygen atoms in total. The van der Waals surface area contributed by atoms with Gasteiger partial charge in [-0.1, -0.05) is 18.2 Å². The normalized spacial score (nSPS) is 18.5. The summed E-state index contributed by atoms with van der Waals surface area (Å²) < 4.78 is 17.7. The summed E-state index contributed by atoms with van der Waals surface area (Å²) in [5.41, 5.74) is 1.00. The van der Waals surface area contributed by atoms with Crippen molar-refractivity contribution in [1.82, 2.24) is 4.90 Å². The number of hydrogen-bond donors (Lipinski definition) is 0. The van der Waals surface area contributed by atoms with Gasteiger partial charge in [-0.25, -0.2) is 0 Å². The number of carbonyl (C=O) groups excluding carboxylic acids is 1. The number of amides is 1. The highest BCUT2D eigenvalue weighted by atomic mass is 32.1. The van der Waals surface area contributed by atoms with Crippen LogP contribution in [-0.4, -0.2) is 36.8 Å². The highest BCUT2D eigenvalue weighted by Crippen LogP contribution is 2.42. The molecule has 132 valence electrons. The minimum atomic E-state index is -0.651. The Labute approximate surface area is 151 Å². The van der Waals surface area contributed by atoms with Gasteiger partial charge in [-0.3, -0.25) is 4.79 Å². The Bertz CT molecular complexity index is 737. The second kappa shape index (κ2) is 6.69. The van der Waals surface area contributed by atoms with Gasteiger partial charge in [-0.2, -0.15) is 0 Å². The van der Waals surface area contributed by atoms with E-state index in [2.05, 4.69) is 0 Å². The van der Waals surface area contributed by atoms with Crippen LogP contribution in [0.1, 0.15) is 23.3 Å². The molecular weight excluding hydrogens is 338 g/mol. The number of benzene rings is 1. The highest BCUT2D eigenvalue weighted by Gasteiger charge is 2.42. The van der Waals surface area contributed by atoms with Crippen molar-refractivity contribution >= 4 is 17.2 Å². The molecule has 0 unspecified atom stereocenters. The van der Waals surface area contributed by atoms with Crippen LogP contribution in [0.15, 0.2) is 35.7 Å². The van der Waals surface area contributed by atoms with Gasteiger partial charge in [-0.15, -0.1) is 11.3 Å². The Balaban J connectivity index is 1.42. The van der Waals surface area contributed by atoms with Crippen molar-refractivity contribution in [2.45, 2.75) is 31.7 Å². The molecule has 0 radical (unpaired) electrons. The molecule has 2 aliphatic rings. The fourth-order valence-corrected chi connectivity index (χ4v) is 4.09. The Morgan fingerprint density at radius 3 is 2.84 bits per heavy atom. The van der Waals surface area contributed by atoms with Gasteiger partial charge in [0.2, 0.25) is 11.7 Å². The summed E-state index contributed by atoms with van der Waals surface area (Å²) in [6.45, 7) is 1.80. The topological polar surface area (TPSA) is 48.0 Å². The van der Waals surface area contributed by atoms with E-state index in [4.69, 9.17) is 14.2 Å². The molecular formula is C19H21NO4S. The number of hydrogen-bond acceptors (Lipinski definition) is 5. The quantitative estimate of drug-likeness (QED) is 0.844. The molecule has 0 atom stereocenters. The van der Waals surface area contributed by atoms with E-state index in [9.17, 15) is 4.79 Å². The van der Waals surface area contributed by atoms with Crippen molar-refractivity contribution in [3.8, 4) is 11.5 Å². The number of carbonyl (C=O) groups is 1. The number of methoxy groups -OCH3 is 1. The lowest BCUT2D eigenvalue weighted by Gasteiger charge is -2.44. The molecule has 2 aliphatic heterocycles. The SMILES string of the molecule is COc1cccc2c1OC1(CCN(C(=O)Cc3cccs3)CC1)OC2. The predicted octanol–water partition coefficient (Wildman–Crippen LogP) is 3.23. The fraction of sp³-hybridized carbons (Fsp3) is 0.421. The van der Waals surface area contributed by atoms with Gasteiger partial charge in [0.25, 0.3) is 0 Å². The fourth-order valence-electron chi connectivity index (χ4n) is 3.39. The Hall–Kier alpha value is -2.05. The Kier molecular flexibility index (Phi) is 4.39. The summed E-state index contributed by atoms with van der Waals surface area (Å²) in [6.07, 6.45) is 1.81. The molecule has 1 amide bonds. The van der Waals surface area contributed by atoms with Gasteiger partial charge < -0.3 is 19.1 Å². The van der Waals surface area contributed by atoms with Crippen molar-refractivity contribution in [3.05, 3.63) is 46.2 Å². The standard InChI is InChI=1S/C19H21NO4S/c1-22-16-6-2-4-14-13-23-19(24-18(14)16)7-9-20(10-8-19)17(21)12-15-5-3-11-25-15/h2-6,11H,7-10,12-13H2,1H3.